The van der Waals surface area contributed by atoms with Crippen molar-refractivity contribution in [1.29, 1.82) is 0 Å². The van der Waals surface area contributed by atoms with Crippen molar-refractivity contribution in [2.24, 2.45) is 11.5 Å². The maximum absolute atomic E-state index is 5.17. The molecule has 0 aliphatic rings. The van der Waals surface area contributed by atoms with E-state index >= 15 is 0 Å². The van der Waals surface area contributed by atoms with E-state index < -0.39 is 0 Å². The van der Waals surface area contributed by atoms with E-state index in [1.807, 2.05) is 13.8 Å². The second kappa shape index (κ2) is 12.3. The third-order valence-electron chi connectivity index (χ3n) is 0.642. The van der Waals surface area contributed by atoms with Gasteiger partial charge in [-0.3, -0.25) is 0 Å². The Bertz CT molecular complexity index is 73.4. The molecule has 0 aromatic carbocycles. The van der Waals surface area contributed by atoms with Crippen molar-refractivity contribution in [3.8, 4) is 0 Å². The van der Waals surface area contributed by atoms with Gasteiger partial charge in [0.25, 0.3) is 0 Å². The molecule has 0 heterocycles. The standard InChI is InChI=1S/C4H13N3.C4H8/c5-1-3-7-4-2-6;1-4(2)3/h7H,1-6H2;1H2,2-3H3. The van der Waals surface area contributed by atoms with Crippen LogP contribution in [0.5, 0.6) is 0 Å². The quantitative estimate of drug-likeness (QED) is 0.402. The fourth-order valence-electron chi connectivity index (χ4n) is 0.329. The minimum absolute atomic E-state index is 0.694. The zero-order valence-corrected chi connectivity index (χ0v) is 7.69. The van der Waals surface area contributed by atoms with Crippen LogP contribution in [0, 0.1) is 0 Å². The average molecular weight is 159 g/mol. The number of allylic oxidation sites excluding steroid dienone is 1. The van der Waals surface area contributed by atoms with Gasteiger partial charge in [-0.1, -0.05) is 5.57 Å². The minimum Gasteiger partial charge on any atom is -0.329 e. The number of hydrogen-bond donors (Lipinski definition) is 3. The van der Waals surface area contributed by atoms with E-state index in [0.29, 0.717) is 13.1 Å². The largest absolute Gasteiger partial charge is 0.329 e. The number of nitrogens with two attached hydrogens (primary N) is 2. The van der Waals surface area contributed by atoms with E-state index in [1.165, 1.54) is 5.57 Å². The minimum atomic E-state index is 0.694. The summed E-state index contributed by atoms with van der Waals surface area (Å²) in [6.45, 7) is 10.6. The summed E-state index contributed by atoms with van der Waals surface area (Å²) in [6.07, 6.45) is 0. The van der Waals surface area contributed by atoms with E-state index in [0.717, 1.165) is 13.1 Å². The first kappa shape index (κ1) is 13.2. The van der Waals surface area contributed by atoms with Crippen LogP contribution < -0.4 is 16.8 Å². The summed E-state index contributed by atoms with van der Waals surface area (Å²) in [5.74, 6) is 0. The lowest BCUT2D eigenvalue weighted by Crippen LogP contribution is -2.27. The van der Waals surface area contributed by atoms with Crippen LogP contribution in [-0.4, -0.2) is 26.2 Å². The number of nitrogens with one attached hydrogen (secondary N) is 1. The molecule has 0 saturated carbocycles. The van der Waals surface area contributed by atoms with Crippen molar-refractivity contribution in [2.45, 2.75) is 13.8 Å². The van der Waals surface area contributed by atoms with Gasteiger partial charge in [-0.2, -0.15) is 0 Å². The van der Waals surface area contributed by atoms with E-state index in [4.69, 9.17) is 11.5 Å². The van der Waals surface area contributed by atoms with Crippen LogP contribution in [0.2, 0.25) is 0 Å². The molecule has 3 nitrogen and oxygen atoms in total. The molecular weight excluding hydrogens is 138 g/mol. The summed E-state index contributed by atoms with van der Waals surface area (Å²) in [7, 11) is 0. The van der Waals surface area contributed by atoms with Crippen molar-refractivity contribution in [3.05, 3.63) is 12.2 Å². The summed E-state index contributed by atoms with van der Waals surface area (Å²) < 4.78 is 0. The van der Waals surface area contributed by atoms with Gasteiger partial charge in [0, 0.05) is 26.2 Å². The molecule has 0 radical (unpaired) electrons. The van der Waals surface area contributed by atoms with Crippen LogP contribution in [0.3, 0.4) is 0 Å². The third-order valence-corrected chi connectivity index (χ3v) is 0.642. The van der Waals surface area contributed by atoms with Crippen molar-refractivity contribution < 1.29 is 0 Å². The Morgan fingerprint density at radius 1 is 1.18 bits per heavy atom. The van der Waals surface area contributed by atoms with E-state index in [9.17, 15) is 0 Å². The monoisotopic (exact) mass is 159 g/mol. The molecule has 0 unspecified atom stereocenters. The normalized spacial score (nSPS) is 8.36. The van der Waals surface area contributed by atoms with Gasteiger partial charge in [-0.05, 0) is 13.8 Å². The van der Waals surface area contributed by atoms with Gasteiger partial charge >= 0.3 is 0 Å². The molecule has 0 rings (SSSR count). The topological polar surface area (TPSA) is 64.1 Å². The molecule has 0 spiro atoms. The van der Waals surface area contributed by atoms with E-state index in [-0.39, 0.29) is 0 Å². The van der Waals surface area contributed by atoms with Crippen LogP contribution >= 0.6 is 0 Å². The summed E-state index contributed by atoms with van der Waals surface area (Å²) >= 11 is 0. The van der Waals surface area contributed by atoms with Gasteiger partial charge in [0.15, 0.2) is 0 Å². The molecular formula is C8H21N3. The molecule has 5 N–H and O–H groups in total. The van der Waals surface area contributed by atoms with Crippen molar-refractivity contribution in [1.82, 2.24) is 5.32 Å². The maximum atomic E-state index is 5.17. The summed E-state index contributed by atoms with van der Waals surface area (Å²) in [5.41, 5.74) is 11.5. The lowest BCUT2D eigenvalue weighted by molar-refractivity contribution is 0.696. The molecule has 0 fully saturated rings. The van der Waals surface area contributed by atoms with Crippen molar-refractivity contribution in [3.63, 3.8) is 0 Å². The van der Waals surface area contributed by atoms with Crippen LogP contribution in [-0.2, 0) is 0 Å². The molecule has 0 saturated heterocycles. The highest BCUT2D eigenvalue weighted by Crippen LogP contribution is 1.73. The number of rotatable bonds is 4. The predicted octanol–water partition coefficient (Wildman–Crippen LogP) is 0.0758. The highest BCUT2D eigenvalue weighted by atomic mass is 14.9. The van der Waals surface area contributed by atoms with Gasteiger partial charge in [0.1, 0.15) is 0 Å². The molecule has 0 aliphatic heterocycles. The Kier molecular flexibility index (Phi) is 14.8. The lowest BCUT2D eigenvalue weighted by Gasteiger charge is -1.95. The third kappa shape index (κ3) is 42.6. The first-order chi connectivity index (χ1) is 5.15. The predicted molar refractivity (Wildman–Crippen MR) is 51.5 cm³/mol. The zero-order valence-electron chi connectivity index (χ0n) is 7.69. The first-order valence-electron chi connectivity index (χ1n) is 3.88. The van der Waals surface area contributed by atoms with E-state index in [1.54, 1.807) is 0 Å². The van der Waals surface area contributed by atoms with Crippen LogP contribution in [0.25, 0.3) is 0 Å². The Labute approximate surface area is 69.8 Å². The lowest BCUT2D eigenvalue weighted by atomic mass is 10.4. The zero-order chi connectivity index (χ0) is 9.11. The van der Waals surface area contributed by atoms with Crippen molar-refractivity contribution >= 4 is 0 Å². The Hall–Kier alpha value is -0.380. The van der Waals surface area contributed by atoms with Gasteiger partial charge in [0.05, 0.1) is 0 Å². The van der Waals surface area contributed by atoms with Crippen LogP contribution in [0.1, 0.15) is 13.8 Å². The summed E-state index contributed by atoms with van der Waals surface area (Å²) in [6, 6.07) is 0. The Morgan fingerprint density at radius 2 is 1.45 bits per heavy atom. The second-order valence-corrected chi connectivity index (χ2v) is 2.53. The molecule has 0 aromatic heterocycles. The number of hydrogen-bond acceptors (Lipinski definition) is 3. The van der Waals surface area contributed by atoms with Gasteiger partial charge in [0.2, 0.25) is 0 Å². The Morgan fingerprint density at radius 3 is 1.64 bits per heavy atom. The van der Waals surface area contributed by atoms with Gasteiger partial charge in [-0.25, -0.2) is 0 Å². The molecule has 0 amide bonds. The molecule has 0 aromatic rings. The fourth-order valence-corrected chi connectivity index (χ4v) is 0.329. The average Bonchev–Trinajstić information content (AvgIpc) is 1.88. The SMILES string of the molecule is C=C(C)C.NCCNCCN. The smallest absolute Gasteiger partial charge is 0.00750 e. The van der Waals surface area contributed by atoms with Crippen LogP contribution in [0.4, 0.5) is 0 Å². The molecule has 68 valence electrons. The first-order valence-corrected chi connectivity index (χ1v) is 3.88. The molecule has 0 bridgehead atoms. The highest BCUT2D eigenvalue weighted by Gasteiger charge is 1.76. The molecule has 3 heteroatoms. The maximum Gasteiger partial charge on any atom is 0.00750 e. The second-order valence-electron chi connectivity index (χ2n) is 2.53. The molecule has 11 heavy (non-hydrogen) atoms. The summed E-state index contributed by atoms with van der Waals surface area (Å²) in [5, 5.41) is 3.03. The van der Waals surface area contributed by atoms with Gasteiger partial charge < -0.3 is 16.8 Å². The summed E-state index contributed by atoms with van der Waals surface area (Å²) in [4.78, 5) is 0. The molecule has 0 aliphatic carbocycles. The van der Waals surface area contributed by atoms with Gasteiger partial charge in [-0.15, -0.1) is 6.58 Å². The van der Waals surface area contributed by atoms with Crippen LogP contribution in [0.15, 0.2) is 12.2 Å². The Balaban J connectivity index is 0. The highest BCUT2D eigenvalue weighted by molar-refractivity contribution is 4.78. The molecule has 0 atom stereocenters. The fraction of sp³-hybridized carbons (Fsp3) is 0.750. The van der Waals surface area contributed by atoms with Crippen molar-refractivity contribution in [2.75, 3.05) is 26.2 Å². The van der Waals surface area contributed by atoms with E-state index in [2.05, 4.69) is 11.9 Å².